The van der Waals surface area contributed by atoms with Gasteiger partial charge >= 0.3 is 0 Å². The van der Waals surface area contributed by atoms with Gasteiger partial charge in [0.15, 0.2) is 11.5 Å². The van der Waals surface area contributed by atoms with E-state index in [4.69, 9.17) is 9.47 Å². The Labute approximate surface area is 164 Å². The molecule has 4 heteroatoms. The van der Waals surface area contributed by atoms with Crippen LogP contribution in [0.4, 0.5) is 0 Å². The van der Waals surface area contributed by atoms with Gasteiger partial charge < -0.3 is 14.6 Å². The molecular formula is C21H27IO3. The molecule has 0 heterocycles. The van der Waals surface area contributed by atoms with Crippen LogP contribution in [0.1, 0.15) is 42.5 Å². The Bertz CT molecular complexity index is 715. The van der Waals surface area contributed by atoms with Crippen molar-refractivity contribution in [3.63, 3.8) is 0 Å². The van der Waals surface area contributed by atoms with Gasteiger partial charge in [0.05, 0.1) is 7.11 Å². The van der Waals surface area contributed by atoms with Gasteiger partial charge in [-0.15, -0.1) is 0 Å². The van der Waals surface area contributed by atoms with Crippen molar-refractivity contribution in [2.75, 3.05) is 11.5 Å². The monoisotopic (exact) mass is 454 g/mol. The number of aromatic hydroxyl groups is 1. The van der Waals surface area contributed by atoms with Crippen LogP contribution in [-0.2, 0) is 12.0 Å². The maximum absolute atomic E-state index is 10.0. The molecule has 3 nitrogen and oxygen atoms in total. The van der Waals surface area contributed by atoms with Crippen molar-refractivity contribution in [2.45, 2.75) is 46.1 Å². The van der Waals surface area contributed by atoms with Gasteiger partial charge in [-0.1, -0.05) is 28.7 Å². The Morgan fingerprint density at radius 1 is 1.04 bits per heavy atom. The second-order valence-corrected chi connectivity index (χ2v) is 7.93. The first-order valence-corrected chi connectivity index (χ1v) is 10.0. The number of hydrogen-bond acceptors (Lipinski definition) is 3. The average Bonchev–Trinajstić information content (AvgIpc) is 2.57. The van der Waals surface area contributed by atoms with Gasteiger partial charge in [-0.3, -0.25) is 0 Å². The first-order chi connectivity index (χ1) is 11.8. The molecule has 136 valence electrons. The van der Waals surface area contributed by atoms with Gasteiger partial charge in [0.2, 0.25) is 0 Å². The summed E-state index contributed by atoms with van der Waals surface area (Å²) in [4.78, 5) is 0. The summed E-state index contributed by atoms with van der Waals surface area (Å²) in [5, 5.41) is 10.0. The predicted octanol–water partition coefficient (Wildman–Crippen LogP) is 5.70. The molecule has 2 aromatic rings. The van der Waals surface area contributed by atoms with E-state index in [0.29, 0.717) is 5.75 Å². The SMILES string of the molecule is COc1cc(CCCI)ccc1OC(C)(C)c1cc(C)c(O)c(C)c1. The van der Waals surface area contributed by atoms with E-state index < -0.39 is 5.60 Å². The Kier molecular flexibility index (Phi) is 6.60. The van der Waals surface area contributed by atoms with Crippen LogP contribution >= 0.6 is 22.6 Å². The molecule has 0 bridgehead atoms. The van der Waals surface area contributed by atoms with Crippen molar-refractivity contribution in [3.05, 3.63) is 52.6 Å². The number of ether oxygens (including phenoxy) is 2. The molecule has 0 unspecified atom stereocenters. The van der Waals surface area contributed by atoms with Gasteiger partial charge in [-0.05, 0) is 91.5 Å². The first kappa shape index (κ1) is 19.9. The Hall–Kier alpha value is -1.43. The van der Waals surface area contributed by atoms with Crippen LogP contribution in [0, 0.1) is 13.8 Å². The molecule has 0 spiro atoms. The number of methoxy groups -OCH3 is 1. The first-order valence-electron chi connectivity index (χ1n) is 8.51. The molecule has 1 N–H and O–H groups in total. The van der Waals surface area contributed by atoms with Crippen LogP contribution in [-0.4, -0.2) is 16.6 Å². The molecule has 0 saturated heterocycles. The van der Waals surface area contributed by atoms with Crippen LogP contribution < -0.4 is 9.47 Å². The van der Waals surface area contributed by atoms with Gasteiger partial charge in [0.25, 0.3) is 0 Å². The topological polar surface area (TPSA) is 38.7 Å². The minimum atomic E-state index is -0.541. The summed E-state index contributed by atoms with van der Waals surface area (Å²) in [5.74, 6) is 1.83. The second-order valence-electron chi connectivity index (χ2n) is 6.85. The fraction of sp³-hybridized carbons (Fsp3) is 0.429. The molecule has 0 amide bonds. The van der Waals surface area contributed by atoms with E-state index in [-0.39, 0.29) is 0 Å². The minimum Gasteiger partial charge on any atom is -0.507 e. The van der Waals surface area contributed by atoms with Crippen molar-refractivity contribution in [2.24, 2.45) is 0 Å². The fourth-order valence-corrected chi connectivity index (χ4v) is 3.24. The molecule has 0 radical (unpaired) electrons. The fourth-order valence-electron chi connectivity index (χ4n) is 2.86. The van der Waals surface area contributed by atoms with Crippen LogP contribution in [0.15, 0.2) is 30.3 Å². The zero-order valence-corrected chi connectivity index (χ0v) is 17.8. The molecule has 0 fully saturated rings. The number of hydrogen-bond donors (Lipinski definition) is 1. The third-order valence-electron chi connectivity index (χ3n) is 4.38. The highest BCUT2D eigenvalue weighted by Crippen LogP contribution is 2.37. The number of phenolic OH excluding ortho intramolecular Hbond substituents is 1. The Morgan fingerprint density at radius 2 is 1.68 bits per heavy atom. The number of aryl methyl sites for hydroxylation is 3. The second kappa shape index (κ2) is 8.30. The number of alkyl halides is 1. The Morgan fingerprint density at radius 3 is 2.24 bits per heavy atom. The van der Waals surface area contributed by atoms with E-state index >= 15 is 0 Å². The van der Waals surface area contributed by atoms with Crippen molar-refractivity contribution in [1.82, 2.24) is 0 Å². The summed E-state index contributed by atoms with van der Waals surface area (Å²) in [6, 6.07) is 10.1. The normalized spacial score (nSPS) is 11.4. The van der Waals surface area contributed by atoms with Crippen molar-refractivity contribution in [1.29, 1.82) is 0 Å². The lowest BCUT2D eigenvalue weighted by molar-refractivity contribution is 0.104. The smallest absolute Gasteiger partial charge is 0.162 e. The predicted molar refractivity (Wildman–Crippen MR) is 111 cm³/mol. The number of halogens is 1. The maximum atomic E-state index is 10.0. The van der Waals surface area contributed by atoms with Crippen LogP contribution in [0.2, 0.25) is 0 Å². The van der Waals surface area contributed by atoms with E-state index in [9.17, 15) is 5.11 Å². The van der Waals surface area contributed by atoms with E-state index in [1.807, 2.05) is 45.9 Å². The van der Waals surface area contributed by atoms with E-state index in [1.54, 1.807) is 7.11 Å². The summed E-state index contributed by atoms with van der Waals surface area (Å²) in [6.07, 6.45) is 2.20. The lowest BCUT2D eigenvalue weighted by Gasteiger charge is -2.29. The molecular weight excluding hydrogens is 427 g/mol. The average molecular weight is 454 g/mol. The lowest BCUT2D eigenvalue weighted by Crippen LogP contribution is -2.25. The number of phenols is 1. The maximum Gasteiger partial charge on any atom is 0.162 e. The van der Waals surface area contributed by atoms with E-state index in [2.05, 4.69) is 34.7 Å². The summed E-state index contributed by atoms with van der Waals surface area (Å²) in [7, 11) is 1.67. The van der Waals surface area contributed by atoms with E-state index in [0.717, 1.165) is 45.5 Å². The zero-order valence-electron chi connectivity index (χ0n) is 15.6. The van der Waals surface area contributed by atoms with E-state index in [1.165, 1.54) is 5.56 Å². The highest BCUT2D eigenvalue weighted by Gasteiger charge is 2.25. The molecule has 2 aromatic carbocycles. The van der Waals surface area contributed by atoms with Crippen molar-refractivity contribution >= 4 is 22.6 Å². The lowest BCUT2D eigenvalue weighted by atomic mass is 9.93. The van der Waals surface area contributed by atoms with Crippen LogP contribution in [0.25, 0.3) is 0 Å². The van der Waals surface area contributed by atoms with Gasteiger partial charge in [0.1, 0.15) is 11.4 Å². The van der Waals surface area contributed by atoms with Gasteiger partial charge in [-0.2, -0.15) is 0 Å². The van der Waals surface area contributed by atoms with Gasteiger partial charge in [-0.25, -0.2) is 0 Å². The third-order valence-corrected chi connectivity index (χ3v) is 5.14. The van der Waals surface area contributed by atoms with Gasteiger partial charge in [0, 0.05) is 0 Å². The quantitative estimate of drug-likeness (QED) is 0.431. The molecule has 0 aliphatic heterocycles. The highest BCUT2D eigenvalue weighted by atomic mass is 127. The number of benzene rings is 2. The van der Waals surface area contributed by atoms with Crippen LogP contribution in [0.3, 0.4) is 0 Å². The summed E-state index contributed by atoms with van der Waals surface area (Å²) >= 11 is 2.40. The number of rotatable bonds is 7. The molecule has 0 aliphatic rings. The summed E-state index contributed by atoms with van der Waals surface area (Å²) in [6.45, 7) is 7.87. The molecule has 0 saturated carbocycles. The van der Waals surface area contributed by atoms with Crippen molar-refractivity contribution < 1.29 is 14.6 Å². The zero-order chi connectivity index (χ0) is 18.6. The molecule has 2 rings (SSSR count). The largest absolute Gasteiger partial charge is 0.507 e. The highest BCUT2D eigenvalue weighted by molar-refractivity contribution is 14.1. The molecule has 0 aliphatic carbocycles. The molecule has 0 aromatic heterocycles. The summed E-state index contributed by atoms with van der Waals surface area (Å²) in [5.41, 5.74) is 3.45. The third kappa shape index (κ3) is 4.81. The standard InChI is InChI=1S/C21H27IO3/c1-14-11-17(12-15(2)20(14)23)21(3,4)25-18-9-8-16(7-6-10-22)13-19(18)24-5/h8-9,11-13,23H,6-7,10H2,1-5H3. The van der Waals surface area contributed by atoms with Crippen molar-refractivity contribution in [3.8, 4) is 17.2 Å². The molecule has 0 atom stereocenters. The minimum absolute atomic E-state index is 0.344. The van der Waals surface area contributed by atoms with Crippen LogP contribution in [0.5, 0.6) is 17.2 Å². The Balaban J connectivity index is 2.30. The summed E-state index contributed by atoms with van der Waals surface area (Å²) < 4.78 is 13.0. The molecule has 25 heavy (non-hydrogen) atoms.